The molecular weight excluding hydrogens is 234 g/mol. The second-order valence-corrected chi connectivity index (χ2v) is 3.92. The molecule has 2 heterocycles. The third-order valence-corrected chi connectivity index (χ3v) is 2.80. The van der Waals surface area contributed by atoms with Crippen molar-refractivity contribution in [1.82, 2.24) is 9.97 Å². The Labute approximate surface area is 104 Å². The lowest BCUT2D eigenvalue weighted by Crippen LogP contribution is -2.28. The van der Waals surface area contributed by atoms with Crippen molar-refractivity contribution in [3.63, 3.8) is 0 Å². The summed E-state index contributed by atoms with van der Waals surface area (Å²) in [5.74, 6) is -0.373. The van der Waals surface area contributed by atoms with E-state index in [0.717, 1.165) is 0 Å². The minimum Gasteiger partial charge on any atom is -0.464 e. The quantitative estimate of drug-likeness (QED) is 0.583. The fourth-order valence-corrected chi connectivity index (χ4v) is 1.87. The average molecular weight is 247 g/mol. The van der Waals surface area contributed by atoms with Crippen LogP contribution < -0.4 is 4.90 Å². The van der Waals surface area contributed by atoms with E-state index in [0.29, 0.717) is 13.0 Å². The maximum atomic E-state index is 11.9. The highest BCUT2D eigenvalue weighted by molar-refractivity contribution is 6.01. The molecule has 1 aromatic heterocycles. The number of anilines is 1. The predicted molar refractivity (Wildman–Crippen MR) is 64.0 cm³/mol. The molecule has 1 aliphatic heterocycles. The Hall–Kier alpha value is -2.24. The molecule has 0 spiro atoms. The minimum absolute atomic E-state index is 0.0538. The van der Waals surface area contributed by atoms with Crippen LogP contribution in [0.5, 0.6) is 0 Å². The maximum Gasteiger partial charge on any atom is 0.360 e. The molecule has 1 atom stereocenters. The Balaban J connectivity index is 2.36. The number of aromatic nitrogens is 2. The van der Waals surface area contributed by atoms with Crippen molar-refractivity contribution in [2.45, 2.75) is 6.42 Å². The lowest BCUT2D eigenvalue weighted by Gasteiger charge is -2.16. The topological polar surface area (TPSA) is 72.4 Å². The van der Waals surface area contributed by atoms with Gasteiger partial charge in [-0.05, 0) is 0 Å². The second kappa shape index (κ2) is 4.95. The summed E-state index contributed by atoms with van der Waals surface area (Å²) in [6.45, 7) is 4.14. The monoisotopic (exact) mass is 247 g/mol. The number of rotatable bonds is 3. The van der Waals surface area contributed by atoms with Crippen LogP contribution in [0.25, 0.3) is 0 Å². The molecule has 1 aliphatic rings. The summed E-state index contributed by atoms with van der Waals surface area (Å²) in [6, 6.07) is 0. The van der Waals surface area contributed by atoms with Gasteiger partial charge in [0.15, 0.2) is 11.5 Å². The molecule has 0 radical (unpaired) electrons. The highest BCUT2D eigenvalue weighted by atomic mass is 16.5. The number of hydrogen-bond donors (Lipinski definition) is 0. The largest absolute Gasteiger partial charge is 0.464 e. The van der Waals surface area contributed by atoms with E-state index < -0.39 is 5.97 Å². The van der Waals surface area contributed by atoms with E-state index in [1.54, 1.807) is 6.08 Å². The van der Waals surface area contributed by atoms with Crippen LogP contribution in [-0.4, -0.2) is 35.5 Å². The predicted octanol–water partition coefficient (Wildman–Crippen LogP) is 0.802. The molecule has 1 amide bonds. The van der Waals surface area contributed by atoms with Crippen LogP contribution in [0, 0.1) is 5.92 Å². The Kier molecular flexibility index (Phi) is 3.36. The van der Waals surface area contributed by atoms with E-state index >= 15 is 0 Å². The van der Waals surface area contributed by atoms with Gasteiger partial charge in [-0.1, -0.05) is 6.08 Å². The molecule has 1 aromatic rings. The van der Waals surface area contributed by atoms with Crippen molar-refractivity contribution in [1.29, 1.82) is 0 Å². The first-order chi connectivity index (χ1) is 8.67. The van der Waals surface area contributed by atoms with E-state index in [1.807, 2.05) is 0 Å². The highest BCUT2D eigenvalue weighted by Gasteiger charge is 2.32. The first-order valence-electron chi connectivity index (χ1n) is 5.49. The lowest BCUT2D eigenvalue weighted by molar-refractivity contribution is -0.117. The molecule has 0 saturated carbocycles. The number of amides is 1. The normalized spacial score (nSPS) is 18.8. The molecule has 0 aromatic carbocycles. The highest BCUT2D eigenvalue weighted by Crippen LogP contribution is 2.25. The van der Waals surface area contributed by atoms with Crippen LogP contribution in [0.3, 0.4) is 0 Å². The van der Waals surface area contributed by atoms with Crippen molar-refractivity contribution in [3.8, 4) is 0 Å². The Morgan fingerprint density at radius 2 is 2.28 bits per heavy atom. The fourth-order valence-electron chi connectivity index (χ4n) is 1.87. The Bertz CT molecular complexity index is 501. The van der Waals surface area contributed by atoms with Crippen molar-refractivity contribution in [3.05, 3.63) is 30.7 Å². The van der Waals surface area contributed by atoms with Gasteiger partial charge in [0.05, 0.1) is 7.11 Å². The molecule has 0 bridgehead atoms. The number of nitrogens with zero attached hydrogens (tertiary/aromatic N) is 3. The van der Waals surface area contributed by atoms with E-state index in [4.69, 9.17) is 0 Å². The van der Waals surface area contributed by atoms with Gasteiger partial charge < -0.3 is 4.74 Å². The summed E-state index contributed by atoms with van der Waals surface area (Å²) < 4.78 is 4.63. The fraction of sp³-hybridized carbons (Fsp3) is 0.333. The molecule has 1 unspecified atom stereocenters. The van der Waals surface area contributed by atoms with Gasteiger partial charge in [-0.15, -0.1) is 6.58 Å². The zero-order chi connectivity index (χ0) is 13.1. The zero-order valence-corrected chi connectivity index (χ0v) is 10.00. The van der Waals surface area contributed by atoms with Crippen LogP contribution in [-0.2, 0) is 9.53 Å². The van der Waals surface area contributed by atoms with E-state index in [-0.39, 0.29) is 23.3 Å². The van der Waals surface area contributed by atoms with E-state index in [2.05, 4.69) is 21.3 Å². The number of methoxy groups -OCH3 is 1. The maximum absolute atomic E-state index is 11.9. The van der Waals surface area contributed by atoms with Crippen LogP contribution >= 0.6 is 0 Å². The van der Waals surface area contributed by atoms with E-state index in [1.165, 1.54) is 24.4 Å². The van der Waals surface area contributed by atoms with Crippen LogP contribution in [0.1, 0.15) is 16.9 Å². The number of hydrogen-bond acceptors (Lipinski definition) is 5. The molecule has 94 valence electrons. The van der Waals surface area contributed by atoms with Crippen molar-refractivity contribution >= 4 is 17.7 Å². The third kappa shape index (κ3) is 2.09. The van der Waals surface area contributed by atoms with Gasteiger partial charge >= 0.3 is 5.97 Å². The van der Waals surface area contributed by atoms with Gasteiger partial charge in [-0.2, -0.15) is 0 Å². The number of esters is 1. The SMILES string of the molecule is C=CC1CC(=O)N(c2nccnc2C(=O)OC)C1. The standard InChI is InChI=1S/C12H13N3O3/c1-3-8-6-9(16)15(7-8)11-10(12(17)18-2)13-4-5-14-11/h3-5,8H,1,6-7H2,2H3. The molecule has 18 heavy (non-hydrogen) atoms. The number of carbonyl (C=O) groups is 2. The molecule has 2 rings (SSSR count). The second-order valence-electron chi connectivity index (χ2n) is 3.92. The molecule has 1 fully saturated rings. The van der Waals surface area contributed by atoms with Crippen LogP contribution in [0.15, 0.2) is 25.0 Å². The third-order valence-electron chi connectivity index (χ3n) is 2.80. The summed E-state index contributed by atoms with van der Waals surface area (Å²) in [4.78, 5) is 32.9. The first-order valence-corrected chi connectivity index (χ1v) is 5.49. The van der Waals surface area contributed by atoms with E-state index in [9.17, 15) is 9.59 Å². The Morgan fingerprint density at radius 1 is 1.56 bits per heavy atom. The Morgan fingerprint density at radius 3 is 2.89 bits per heavy atom. The van der Waals surface area contributed by atoms with Crippen molar-refractivity contribution in [2.75, 3.05) is 18.6 Å². The number of carbonyl (C=O) groups excluding carboxylic acids is 2. The van der Waals surface area contributed by atoms with Crippen LogP contribution in [0.4, 0.5) is 5.82 Å². The van der Waals surface area contributed by atoms with Gasteiger partial charge in [0, 0.05) is 31.3 Å². The smallest absolute Gasteiger partial charge is 0.360 e. The lowest BCUT2D eigenvalue weighted by atomic mass is 10.1. The minimum atomic E-state index is -0.604. The molecule has 1 saturated heterocycles. The molecule has 6 heteroatoms. The van der Waals surface area contributed by atoms with Gasteiger partial charge in [-0.3, -0.25) is 9.69 Å². The molecular formula is C12H13N3O3. The summed E-state index contributed by atoms with van der Waals surface area (Å²) in [5.41, 5.74) is 0.0538. The molecule has 0 N–H and O–H groups in total. The zero-order valence-electron chi connectivity index (χ0n) is 10.00. The van der Waals surface area contributed by atoms with Crippen molar-refractivity contribution < 1.29 is 14.3 Å². The van der Waals surface area contributed by atoms with Gasteiger partial charge in [0.1, 0.15) is 0 Å². The molecule has 0 aliphatic carbocycles. The van der Waals surface area contributed by atoms with Gasteiger partial charge in [0.2, 0.25) is 5.91 Å². The van der Waals surface area contributed by atoms with Gasteiger partial charge in [-0.25, -0.2) is 14.8 Å². The summed E-state index contributed by atoms with van der Waals surface area (Å²) in [6.07, 6.45) is 4.93. The average Bonchev–Trinajstić information content (AvgIpc) is 2.79. The van der Waals surface area contributed by atoms with Gasteiger partial charge in [0.25, 0.3) is 0 Å². The van der Waals surface area contributed by atoms with Crippen LogP contribution in [0.2, 0.25) is 0 Å². The number of ether oxygens (including phenoxy) is 1. The summed E-state index contributed by atoms with van der Waals surface area (Å²) in [5, 5.41) is 0. The van der Waals surface area contributed by atoms with Crippen molar-refractivity contribution in [2.24, 2.45) is 5.92 Å². The summed E-state index contributed by atoms with van der Waals surface area (Å²) >= 11 is 0. The molecule has 6 nitrogen and oxygen atoms in total. The summed E-state index contributed by atoms with van der Waals surface area (Å²) in [7, 11) is 1.26. The first kappa shape index (κ1) is 12.2.